The Balaban J connectivity index is 2.28. The van der Waals surface area contributed by atoms with Crippen LogP contribution in [0, 0.1) is 0 Å². The molecule has 0 bridgehead atoms. The van der Waals surface area contributed by atoms with Crippen LogP contribution in [-0.2, 0) is 0 Å². The SMILES string of the molecule is CCCCC(c1cccc(-c2ccccc2)n1)N(C)C. The molecule has 1 unspecified atom stereocenters. The van der Waals surface area contributed by atoms with E-state index in [4.69, 9.17) is 4.98 Å². The molecule has 2 heteroatoms. The zero-order valence-electron chi connectivity index (χ0n) is 12.7. The summed E-state index contributed by atoms with van der Waals surface area (Å²) in [4.78, 5) is 7.15. The van der Waals surface area contributed by atoms with Crippen molar-refractivity contribution >= 4 is 0 Å². The molecular formula is C18H24N2. The molecule has 0 radical (unpaired) electrons. The summed E-state index contributed by atoms with van der Waals surface area (Å²) in [6.07, 6.45) is 3.62. The molecule has 0 N–H and O–H groups in total. The number of hydrogen-bond donors (Lipinski definition) is 0. The van der Waals surface area contributed by atoms with E-state index in [1.165, 1.54) is 24.1 Å². The quantitative estimate of drug-likeness (QED) is 0.764. The Morgan fingerprint density at radius 3 is 2.40 bits per heavy atom. The lowest BCUT2D eigenvalue weighted by molar-refractivity contribution is 0.273. The number of pyridine rings is 1. The van der Waals surface area contributed by atoms with Crippen molar-refractivity contribution in [2.24, 2.45) is 0 Å². The second-order valence-corrected chi connectivity index (χ2v) is 5.44. The lowest BCUT2D eigenvalue weighted by Gasteiger charge is -2.24. The van der Waals surface area contributed by atoms with Gasteiger partial charge in [0.1, 0.15) is 0 Å². The van der Waals surface area contributed by atoms with Crippen LogP contribution in [0.3, 0.4) is 0 Å². The van der Waals surface area contributed by atoms with Gasteiger partial charge in [0.2, 0.25) is 0 Å². The van der Waals surface area contributed by atoms with E-state index in [-0.39, 0.29) is 0 Å². The molecule has 0 saturated heterocycles. The normalized spacial score (nSPS) is 12.6. The highest BCUT2D eigenvalue weighted by Gasteiger charge is 2.15. The van der Waals surface area contributed by atoms with Gasteiger partial charge in [-0.3, -0.25) is 4.98 Å². The lowest BCUT2D eigenvalue weighted by Crippen LogP contribution is -2.21. The molecule has 1 aromatic heterocycles. The Morgan fingerprint density at radius 1 is 1.00 bits per heavy atom. The summed E-state index contributed by atoms with van der Waals surface area (Å²) in [5.41, 5.74) is 3.42. The Morgan fingerprint density at radius 2 is 1.75 bits per heavy atom. The predicted molar refractivity (Wildman–Crippen MR) is 85.6 cm³/mol. The summed E-state index contributed by atoms with van der Waals surface area (Å²) < 4.78 is 0. The highest BCUT2D eigenvalue weighted by molar-refractivity contribution is 5.58. The van der Waals surface area contributed by atoms with E-state index in [0.29, 0.717) is 6.04 Å². The number of aromatic nitrogens is 1. The van der Waals surface area contributed by atoms with Crippen LogP contribution >= 0.6 is 0 Å². The Kier molecular flexibility index (Phi) is 5.31. The van der Waals surface area contributed by atoms with Crippen molar-refractivity contribution in [1.82, 2.24) is 9.88 Å². The van der Waals surface area contributed by atoms with Crippen LogP contribution in [0.1, 0.15) is 37.9 Å². The van der Waals surface area contributed by atoms with Crippen LogP contribution in [0.4, 0.5) is 0 Å². The minimum Gasteiger partial charge on any atom is -0.301 e. The number of nitrogens with zero attached hydrogens (tertiary/aromatic N) is 2. The highest BCUT2D eigenvalue weighted by Crippen LogP contribution is 2.25. The minimum atomic E-state index is 0.401. The van der Waals surface area contributed by atoms with E-state index in [1.54, 1.807) is 0 Å². The van der Waals surface area contributed by atoms with Crippen molar-refractivity contribution in [2.75, 3.05) is 14.1 Å². The molecule has 1 heterocycles. The third-order valence-electron chi connectivity index (χ3n) is 3.64. The Labute approximate surface area is 122 Å². The molecule has 20 heavy (non-hydrogen) atoms. The standard InChI is InChI=1S/C18H24N2/c1-4-5-14-18(20(2)3)17-13-9-12-16(19-17)15-10-7-6-8-11-15/h6-13,18H,4-5,14H2,1-3H3. The van der Waals surface area contributed by atoms with Crippen molar-refractivity contribution in [3.63, 3.8) is 0 Å². The molecule has 0 saturated carbocycles. The molecule has 0 aliphatic heterocycles. The number of rotatable bonds is 6. The van der Waals surface area contributed by atoms with Crippen molar-refractivity contribution in [3.05, 3.63) is 54.2 Å². The fourth-order valence-electron chi connectivity index (χ4n) is 2.47. The minimum absolute atomic E-state index is 0.401. The van der Waals surface area contributed by atoms with Crippen LogP contribution in [0.15, 0.2) is 48.5 Å². The van der Waals surface area contributed by atoms with Gasteiger partial charge in [-0.15, -0.1) is 0 Å². The molecule has 0 fully saturated rings. The van der Waals surface area contributed by atoms with E-state index in [1.807, 2.05) is 6.07 Å². The molecule has 2 nitrogen and oxygen atoms in total. The summed E-state index contributed by atoms with van der Waals surface area (Å²) in [5, 5.41) is 0. The third kappa shape index (κ3) is 3.67. The van der Waals surface area contributed by atoms with E-state index < -0.39 is 0 Å². The zero-order chi connectivity index (χ0) is 14.4. The molecule has 106 valence electrons. The molecule has 1 atom stereocenters. The van der Waals surface area contributed by atoms with Gasteiger partial charge >= 0.3 is 0 Å². The smallest absolute Gasteiger partial charge is 0.0706 e. The highest BCUT2D eigenvalue weighted by atomic mass is 15.1. The van der Waals surface area contributed by atoms with Crippen molar-refractivity contribution in [3.8, 4) is 11.3 Å². The van der Waals surface area contributed by atoms with E-state index in [9.17, 15) is 0 Å². The maximum atomic E-state index is 4.88. The summed E-state index contributed by atoms with van der Waals surface area (Å²) in [7, 11) is 4.27. The Hall–Kier alpha value is -1.67. The molecule has 2 rings (SSSR count). The fourth-order valence-corrected chi connectivity index (χ4v) is 2.47. The van der Waals surface area contributed by atoms with E-state index in [2.05, 4.69) is 68.4 Å². The van der Waals surface area contributed by atoms with Crippen LogP contribution in [-0.4, -0.2) is 24.0 Å². The summed E-state index contributed by atoms with van der Waals surface area (Å²) in [6, 6.07) is 17.1. The van der Waals surface area contributed by atoms with Crippen LogP contribution in [0.5, 0.6) is 0 Å². The first-order valence-electron chi connectivity index (χ1n) is 7.41. The maximum Gasteiger partial charge on any atom is 0.0706 e. The van der Waals surface area contributed by atoms with Gasteiger partial charge in [-0.2, -0.15) is 0 Å². The first-order valence-corrected chi connectivity index (χ1v) is 7.41. The van der Waals surface area contributed by atoms with Gasteiger partial charge in [0.15, 0.2) is 0 Å². The summed E-state index contributed by atoms with van der Waals surface area (Å²) >= 11 is 0. The molecular weight excluding hydrogens is 244 g/mol. The zero-order valence-corrected chi connectivity index (χ0v) is 12.7. The molecule has 2 aromatic rings. The van der Waals surface area contributed by atoms with E-state index in [0.717, 1.165) is 12.1 Å². The van der Waals surface area contributed by atoms with Gasteiger partial charge in [-0.1, -0.05) is 56.2 Å². The van der Waals surface area contributed by atoms with Crippen molar-refractivity contribution in [1.29, 1.82) is 0 Å². The average Bonchev–Trinajstić information content (AvgIpc) is 2.48. The van der Waals surface area contributed by atoms with Gasteiger partial charge in [-0.05, 0) is 32.6 Å². The van der Waals surface area contributed by atoms with Gasteiger partial charge in [0.05, 0.1) is 17.4 Å². The second-order valence-electron chi connectivity index (χ2n) is 5.44. The lowest BCUT2D eigenvalue weighted by atomic mass is 10.0. The average molecular weight is 268 g/mol. The molecule has 1 aromatic carbocycles. The van der Waals surface area contributed by atoms with E-state index >= 15 is 0 Å². The Bertz CT molecular complexity index is 520. The third-order valence-corrected chi connectivity index (χ3v) is 3.64. The molecule has 0 aliphatic carbocycles. The summed E-state index contributed by atoms with van der Waals surface area (Å²) in [6.45, 7) is 2.24. The molecule has 0 aliphatic rings. The number of unbranched alkanes of at least 4 members (excludes halogenated alkanes) is 1. The van der Waals surface area contributed by atoms with Crippen LogP contribution in [0.25, 0.3) is 11.3 Å². The monoisotopic (exact) mass is 268 g/mol. The first kappa shape index (κ1) is 14.7. The van der Waals surface area contributed by atoms with Gasteiger partial charge < -0.3 is 4.90 Å². The first-order chi connectivity index (χ1) is 9.72. The van der Waals surface area contributed by atoms with Gasteiger partial charge in [0.25, 0.3) is 0 Å². The summed E-state index contributed by atoms with van der Waals surface area (Å²) in [5.74, 6) is 0. The van der Waals surface area contributed by atoms with Gasteiger partial charge in [0, 0.05) is 5.56 Å². The topological polar surface area (TPSA) is 16.1 Å². The largest absolute Gasteiger partial charge is 0.301 e. The van der Waals surface area contributed by atoms with Crippen LogP contribution in [0.2, 0.25) is 0 Å². The van der Waals surface area contributed by atoms with Crippen LogP contribution < -0.4 is 0 Å². The number of benzene rings is 1. The maximum absolute atomic E-state index is 4.88. The predicted octanol–water partition coefficient (Wildman–Crippen LogP) is 4.54. The fraction of sp³-hybridized carbons (Fsp3) is 0.389. The second kappa shape index (κ2) is 7.20. The van der Waals surface area contributed by atoms with Gasteiger partial charge in [-0.25, -0.2) is 0 Å². The van der Waals surface area contributed by atoms with Crippen molar-refractivity contribution < 1.29 is 0 Å². The number of hydrogen-bond acceptors (Lipinski definition) is 2. The molecule has 0 amide bonds. The van der Waals surface area contributed by atoms with Crippen molar-refractivity contribution in [2.45, 2.75) is 32.2 Å². The molecule has 0 spiro atoms.